The highest BCUT2D eigenvalue weighted by Gasteiger charge is 2.64. The number of hydrogen-bond acceptors (Lipinski definition) is 8. The summed E-state index contributed by atoms with van der Waals surface area (Å²) in [5.41, 5.74) is 0.498. The van der Waals surface area contributed by atoms with Crippen LogP contribution in [0.15, 0.2) is 30.3 Å². The van der Waals surface area contributed by atoms with Gasteiger partial charge in [-0.25, -0.2) is 4.79 Å². The molecule has 1 amide bonds. The second-order valence-corrected chi connectivity index (χ2v) is 15.7. The van der Waals surface area contributed by atoms with Gasteiger partial charge in [-0.05, 0) is 31.0 Å². The zero-order valence-corrected chi connectivity index (χ0v) is 24.8. The lowest BCUT2D eigenvalue weighted by molar-refractivity contribution is -0.219. The Hall–Kier alpha value is -2.27. The Morgan fingerprint density at radius 2 is 1.54 bits per heavy atom. The number of fused-ring (bicyclic) bond motifs is 1. The SMILES string of the molecule is CC[Si](CC)(CC)O[C@@H]1[C@@H](NC(C)=O)[C@H](OC(=O)[C@@H](OC(C)=O)c2ccccc2)[C@H]2OC3(CCCCC3)O[C@H]21. The summed E-state index contributed by atoms with van der Waals surface area (Å²) < 4.78 is 31.8. The summed E-state index contributed by atoms with van der Waals surface area (Å²) in [6, 6.07) is 10.8. The number of amides is 1. The van der Waals surface area contributed by atoms with Crippen molar-refractivity contribution in [3.05, 3.63) is 35.9 Å². The minimum absolute atomic E-state index is 0.265. The summed E-state index contributed by atoms with van der Waals surface area (Å²) in [5.74, 6) is -2.34. The van der Waals surface area contributed by atoms with Crippen molar-refractivity contribution in [1.29, 1.82) is 0 Å². The van der Waals surface area contributed by atoms with Crippen molar-refractivity contribution in [3.63, 3.8) is 0 Å². The maximum atomic E-state index is 13.6. The first-order valence-electron chi connectivity index (χ1n) is 14.4. The normalized spacial score (nSPS) is 28.5. The highest BCUT2D eigenvalue weighted by Crippen LogP contribution is 2.48. The summed E-state index contributed by atoms with van der Waals surface area (Å²) in [6.45, 7) is 9.13. The van der Waals surface area contributed by atoms with Crippen molar-refractivity contribution < 1.29 is 37.8 Å². The van der Waals surface area contributed by atoms with Gasteiger partial charge in [-0.3, -0.25) is 9.59 Å². The first-order valence-corrected chi connectivity index (χ1v) is 16.9. The first-order chi connectivity index (χ1) is 18.7. The Kier molecular flexibility index (Phi) is 9.51. The number of ether oxygens (including phenoxy) is 4. The third-order valence-corrected chi connectivity index (χ3v) is 13.2. The Bertz CT molecular complexity index is 1000. The summed E-state index contributed by atoms with van der Waals surface area (Å²) in [7, 11) is -2.16. The molecule has 0 bridgehead atoms. The van der Waals surface area contributed by atoms with Crippen molar-refractivity contribution in [2.45, 2.75) is 127 Å². The van der Waals surface area contributed by atoms with Gasteiger partial charge in [-0.2, -0.15) is 0 Å². The lowest BCUT2D eigenvalue weighted by atomic mass is 9.94. The third-order valence-electron chi connectivity index (χ3n) is 8.54. The van der Waals surface area contributed by atoms with Crippen LogP contribution in [0, 0.1) is 0 Å². The molecule has 1 aromatic carbocycles. The molecule has 0 unspecified atom stereocenters. The molecule has 3 fully saturated rings. The van der Waals surface area contributed by atoms with Crippen molar-refractivity contribution in [3.8, 4) is 0 Å². The van der Waals surface area contributed by atoms with Gasteiger partial charge in [0.25, 0.3) is 0 Å². The number of esters is 2. The average molecular weight is 562 g/mol. The molecule has 10 heteroatoms. The maximum absolute atomic E-state index is 13.6. The van der Waals surface area contributed by atoms with Crippen molar-refractivity contribution >= 4 is 26.2 Å². The van der Waals surface area contributed by atoms with E-state index in [4.69, 9.17) is 23.4 Å². The van der Waals surface area contributed by atoms with E-state index in [2.05, 4.69) is 26.1 Å². The number of nitrogens with one attached hydrogen (secondary N) is 1. The lowest BCUT2D eigenvalue weighted by Gasteiger charge is -2.39. The highest BCUT2D eigenvalue weighted by atomic mass is 28.4. The molecule has 39 heavy (non-hydrogen) atoms. The zero-order chi connectivity index (χ0) is 28.2. The van der Waals surface area contributed by atoms with Crippen LogP contribution in [0.4, 0.5) is 0 Å². The third kappa shape index (κ3) is 6.39. The van der Waals surface area contributed by atoms with Crippen LogP contribution in [0.3, 0.4) is 0 Å². The molecule has 1 saturated heterocycles. The van der Waals surface area contributed by atoms with Crippen LogP contribution >= 0.6 is 0 Å². The molecule has 0 aromatic heterocycles. The number of hydrogen-bond donors (Lipinski definition) is 1. The Labute approximate surface area is 232 Å². The predicted molar refractivity (Wildman–Crippen MR) is 146 cm³/mol. The van der Waals surface area contributed by atoms with Crippen molar-refractivity contribution in [2.75, 3.05) is 0 Å². The topological polar surface area (TPSA) is 109 Å². The van der Waals surface area contributed by atoms with Gasteiger partial charge in [0.15, 0.2) is 20.2 Å². The maximum Gasteiger partial charge on any atom is 0.352 e. The van der Waals surface area contributed by atoms with E-state index in [9.17, 15) is 14.4 Å². The van der Waals surface area contributed by atoms with Gasteiger partial charge >= 0.3 is 11.9 Å². The Morgan fingerprint density at radius 1 is 0.949 bits per heavy atom. The summed E-state index contributed by atoms with van der Waals surface area (Å²) in [5, 5.41) is 2.99. The molecule has 216 valence electrons. The molecular formula is C29H43NO8Si. The molecule has 1 aliphatic heterocycles. The highest BCUT2D eigenvalue weighted by molar-refractivity contribution is 6.73. The molecule has 6 atom stereocenters. The Morgan fingerprint density at radius 3 is 2.08 bits per heavy atom. The first kappa shape index (κ1) is 29.7. The quantitative estimate of drug-likeness (QED) is 0.327. The molecular weight excluding hydrogens is 518 g/mol. The summed E-state index contributed by atoms with van der Waals surface area (Å²) >= 11 is 0. The van der Waals surface area contributed by atoms with E-state index in [1.165, 1.54) is 13.8 Å². The molecule has 2 aliphatic carbocycles. The van der Waals surface area contributed by atoms with Crippen LogP contribution < -0.4 is 5.32 Å². The van der Waals surface area contributed by atoms with Gasteiger partial charge < -0.3 is 28.7 Å². The zero-order valence-electron chi connectivity index (χ0n) is 23.8. The fraction of sp³-hybridized carbons (Fsp3) is 0.690. The van der Waals surface area contributed by atoms with Crippen LogP contribution in [-0.2, 0) is 37.8 Å². The van der Waals surface area contributed by atoms with Gasteiger partial charge in [-0.1, -0.05) is 57.5 Å². The van der Waals surface area contributed by atoms with E-state index in [-0.39, 0.29) is 5.91 Å². The van der Waals surface area contributed by atoms with Crippen LogP contribution in [-0.4, -0.2) is 62.4 Å². The van der Waals surface area contributed by atoms with Gasteiger partial charge in [0, 0.05) is 32.3 Å². The minimum Gasteiger partial charge on any atom is -0.454 e. The van der Waals surface area contributed by atoms with E-state index in [1.54, 1.807) is 24.3 Å². The molecule has 3 aliphatic rings. The van der Waals surface area contributed by atoms with E-state index in [1.807, 2.05) is 6.07 Å². The van der Waals surface area contributed by atoms with Crippen LogP contribution in [0.5, 0.6) is 0 Å². The van der Waals surface area contributed by atoms with E-state index >= 15 is 0 Å². The fourth-order valence-electron chi connectivity index (χ4n) is 6.30. The lowest BCUT2D eigenvalue weighted by Crippen LogP contribution is -2.55. The number of rotatable bonds is 10. The molecule has 4 rings (SSSR count). The van der Waals surface area contributed by atoms with Crippen LogP contribution in [0.25, 0.3) is 0 Å². The van der Waals surface area contributed by atoms with Crippen LogP contribution in [0.2, 0.25) is 18.1 Å². The minimum atomic E-state index is -2.16. The molecule has 9 nitrogen and oxygen atoms in total. The van der Waals surface area contributed by atoms with Crippen LogP contribution in [0.1, 0.15) is 78.4 Å². The van der Waals surface area contributed by atoms with Gasteiger partial charge in [-0.15, -0.1) is 0 Å². The van der Waals surface area contributed by atoms with Crippen molar-refractivity contribution in [1.82, 2.24) is 5.32 Å². The number of carbonyl (C=O) groups is 3. The molecule has 1 heterocycles. The fourth-order valence-corrected chi connectivity index (χ4v) is 9.16. The molecule has 2 saturated carbocycles. The summed E-state index contributed by atoms with van der Waals surface area (Å²) in [4.78, 5) is 38.0. The summed E-state index contributed by atoms with van der Waals surface area (Å²) in [6.07, 6.45) is 0.835. The van der Waals surface area contributed by atoms with Gasteiger partial charge in [0.2, 0.25) is 12.0 Å². The smallest absolute Gasteiger partial charge is 0.352 e. The largest absolute Gasteiger partial charge is 0.454 e. The van der Waals surface area contributed by atoms with Gasteiger partial charge in [0.1, 0.15) is 12.2 Å². The number of carbonyl (C=O) groups excluding carboxylic acids is 3. The monoisotopic (exact) mass is 561 g/mol. The second-order valence-electron chi connectivity index (χ2n) is 11.0. The predicted octanol–water partition coefficient (Wildman–Crippen LogP) is 4.56. The standard InChI is InChI=1S/C29H43NO8Si/c1-6-39(7-2,8-3)38-25-22(30-19(4)31)24(26-27(25)37-29(36-26)17-13-10-14-18-29)35-28(33)23(34-20(5)32)21-15-11-9-12-16-21/h9,11-12,15-16,22-27H,6-8,10,13-14,17-18H2,1-5H3,(H,30,31)/t22-,23-,24-,25+,26+,27-/m0/s1. The van der Waals surface area contributed by atoms with Crippen molar-refractivity contribution in [2.24, 2.45) is 0 Å². The average Bonchev–Trinajstić information content (AvgIpc) is 3.39. The molecule has 1 spiro atoms. The molecule has 1 N–H and O–H groups in total. The van der Waals surface area contributed by atoms with E-state index in [0.717, 1.165) is 50.2 Å². The Balaban J connectivity index is 1.69. The van der Waals surface area contributed by atoms with E-state index in [0.29, 0.717) is 5.56 Å². The molecule has 0 radical (unpaired) electrons. The second kappa shape index (κ2) is 12.5. The van der Waals surface area contributed by atoms with E-state index < -0.39 is 62.6 Å². The van der Waals surface area contributed by atoms with Gasteiger partial charge in [0.05, 0.1) is 12.1 Å². The number of benzene rings is 1. The molecule has 1 aromatic rings.